The number of nitrogens with zero attached hydrogens (tertiary/aromatic N) is 1. The molecule has 44 heavy (non-hydrogen) atoms. The van der Waals surface area contributed by atoms with Crippen molar-refractivity contribution in [2.75, 3.05) is 4.90 Å². The smallest absolute Gasteiger partial charge is 0.197 e. The van der Waals surface area contributed by atoms with Crippen LogP contribution < -0.4 is 4.90 Å². The number of hydrogen-bond donors (Lipinski definition) is 0. The summed E-state index contributed by atoms with van der Waals surface area (Å²) in [5, 5.41) is 0. The third kappa shape index (κ3) is 3.08. The van der Waals surface area contributed by atoms with Gasteiger partial charge in [-0.1, -0.05) is 127 Å². The van der Waals surface area contributed by atoms with Crippen LogP contribution in [0.1, 0.15) is 70.1 Å². The summed E-state index contributed by atoms with van der Waals surface area (Å²) in [5.74, 6) is -2.66. The number of anilines is 1. The van der Waals surface area contributed by atoms with Crippen molar-refractivity contribution in [1.29, 1.82) is 0 Å². The first-order chi connectivity index (χ1) is 21.4. The van der Waals surface area contributed by atoms with Gasteiger partial charge in [-0.15, -0.1) is 0 Å². The van der Waals surface area contributed by atoms with E-state index in [0.29, 0.717) is 39.1 Å². The van der Waals surface area contributed by atoms with Crippen molar-refractivity contribution in [2.24, 2.45) is 5.41 Å². The molecule has 2 atom stereocenters. The highest BCUT2D eigenvalue weighted by molar-refractivity contribution is 6.39. The van der Waals surface area contributed by atoms with Gasteiger partial charge in [0.2, 0.25) is 0 Å². The van der Waals surface area contributed by atoms with Crippen LogP contribution in [0.5, 0.6) is 0 Å². The average Bonchev–Trinajstić information content (AvgIpc) is 3.57. The molecule has 1 heterocycles. The molecule has 0 radical (unpaired) electrons. The maximum absolute atomic E-state index is 15.2. The third-order valence-corrected chi connectivity index (χ3v) is 9.78. The minimum atomic E-state index is -1.91. The molecule has 212 valence electrons. The van der Waals surface area contributed by atoms with Gasteiger partial charge in [0.25, 0.3) is 0 Å². The molecular formula is C39H27NO4. The van der Waals surface area contributed by atoms with Gasteiger partial charge < -0.3 is 4.90 Å². The molecule has 5 aromatic carbocycles. The minimum absolute atomic E-state index is 0.301. The number of ketones is 4. The molecule has 5 aromatic rings. The van der Waals surface area contributed by atoms with Crippen LogP contribution >= 0.6 is 0 Å². The molecule has 0 unspecified atom stereocenters. The number of carbonyl (C=O) groups is 4. The van der Waals surface area contributed by atoms with Gasteiger partial charge in [0, 0.05) is 33.9 Å². The van der Waals surface area contributed by atoms with Crippen LogP contribution in [0.15, 0.2) is 133 Å². The maximum Gasteiger partial charge on any atom is 0.197 e. The molecule has 0 aromatic heterocycles. The zero-order valence-corrected chi connectivity index (χ0v) is 23.9. The van der Waals surface area contributed by atoms with Crippen LogP contribution in [-0.2, 0) is 0 Å². The van der Waals surface area contributed by atoms with E-state index in [2.05, 4.69) is 0 Å². The minimum Gasteiger partial charge on any atom is -0.343 e. The predicted octanol–water partition coefficient (Wildman–Crippen LogP) is 7.22. The average molecular weight is 574 g/mol. The van der Waals surface area contributed by atoms with Crippen LogP contribution in [0, 0.1) is 12.3 Å². The Kier molecular flexibility index (Phi) is 5.54. The zero-order valence-electron chi connectivity index (χ0n) is 23.9. The summed E-state index contributed by atoms with van der Waals surface area (Å²) in [7, 11) is 0. The number of carbonyl (C=O) groups excluding carboxylic acids is 4. The molecule has 1 aliphatic heterocycles. The molecule has 8 rings (SSSR count). The molecule has 0 bridgehead atoms. The van der Waals surface area contributed by atoms with Gasteiger partial charge in [0.15, 0.2) is 28.7 Å². The van der Waals surface area contributed by atoms with Crippen LogP contribution in [0.25, 0.3) is 0 Å². The van der Waals surface area contributed by atoms with Crippen molar-refractivity contribution < 1.29 is 19.2 Å². The quantitative estimate of drug-likeness (QED) is 0.213. The second-order valence-electron chi connectivity index (χ2n) is 11.9. The van der Waals surface area contributed by atoms with E-state index >= 15 is 19.2 Å². The van der Waals surface area contributed by atoms with Crippen molar-refractivity contribution in [1.82, 2.24) is 0 Å². The van der Waals surface area contributed by atoms with E-state index in [1.807, 2.05) is 96.8 Å². The highest BCUT2D eigenvalue weighted by atomic mass is 16.2. The monoisotopic (exact) mass is 573 g/mol. The first-order valence-electron chi connectivity index (χ1n) is 14.8. The molecule has 0 saturated carbocycles. The molecule has 5 heteroatoms. The fourth-order valence-corrected chi connectivity index (χ4v) is 8.10. The van der Waals surface area contributed by atoms with E-state index in [9.17, 15) is 0 Å². The van der Waals surface area contributed by atoms with Crippen LogP contribution in [0.2, 0.25) is 0 Å². The van der Waals surface area contributed by atoms with Gasteiger partial charge in [-0.2, -0.15) is 0 Å². The van der Waals surface area contributed by atoms with Crippen molar-refractivity contribution in [3.8, 4) is 0 Å². The molecule has 2 aliphatic carbocycles. The second kappa shape index (κ2) is 9.29. The van der Waals surface area contributed by atoms with Crippen molar-refractivity contribution in [2.45, 2.75) is 24.4 Å². The Morgan fingerprint density at radius 1 is 0.477 bits per heavy atom. The summed E-state index contributed by atoms with van der Waals surface area (Å²) in [6.45, 7) is 1.97. The first-order valence-corrected chi connectivity index (χ1v) is 14.8. The van der Waals surface area contributed by atoms with Gasteiger partial charge >= 0.3 is 0 Å². The topological polar surface area (TPSA) is 71.5 Å². The Bertz CT molecular complexity index is 1940. The lowest BCUT2D eigenvalue weighted by Gasteiger charge is -2.40. The molecule has 1 saturated heterocycles. The lowest BCUT2D eigenvalue weighted by Crippen LogP contribution is -2.57. The van der Waals surface area contributed by atoms with Crippen molar-refractivity contribution in [3.05, 3.63) is 172 Å². The molecule has 1 fully saturated rings. The van der Waals surface area contributed by atoms with E-state index in [4.69, 9.17) is 0 Å². The van der Waals surface area contributed by atoms with E-state index in [0.717, 1.165) is 5.56 Å². The highest BCUT2D eigenvalue weighted by Gasteiger charge is 2.80. The van der Waals surface area contributed by atoms with Crippen LogP contribution in [-0.4, -0.2) is 28.7 Å². The number of benzene rings is 5. The Balaban J connectivity index is 1.58. The Labute approximate surface area is 254 Å². The molecule has 5 nitrogen and oxygen atoms in total. The Morgan fingerprint density at radius 2 is 0.886 bits per heavy atom. The van der Waals surface area contributed by atoms with Crippen LogP contribution in [0.4, 0.5) is 5.69 Å². The zero-order chi connectivity index (χ0) is 30.2. The largest absolute Gasteiger partial charge is 0.343 e. The van der Waals surface area contributed by atoms with Crippen molar-refractivity contribution >= 4 is 28.8 Å². The number of aryl methyl sites for hydroxylation is 1. The number of fused-ring (bicyclic) bond motifs is 2. The second-order valence-corrected chi connectivity index (χ2v) is 11.9. The fraction of sp³-hybridized carbons (Fsp3) is 0.128. The summed E-state index contributed by atoms with van der Waals surface area (Å²) in [5.41, 5.74) is 0.368. The van der Waals surface area contributed by atoms with Gasteiger partial charge in [-0.25, -0.2) is 0 Å². The Hall–Kier alpha value is -5.42. The lowest BCUT2D eigenvalue weighted by molar-refractivity contribution is 0.0619. The summed E-state index contributed by atoms with van der Waals surface area (Å²) >= 11 is 0. The fourth-order valence-electron chi connectivity index (χ4n) is 8.10. The van der Waals surface area contributed by atoms with Gasteiger partial charge in [0.05, 0.1) is 6.04 Å². The standard InChI is InChI=1S/C39H27NO4/c1-24-20-22-27(23-21-24)40-33(26-14-6-3-7-15-26)38(34(41)28-16-8-9-17-29(28)35(38)42)32(25-12-4-2-5-13-25)39(40)36(43)30-18-10-11-19-31(30)37(39)44/h2-23,32-33H,1H3/t32-,33+/m0/s1. The van der Waals surface area contributed by atoms with E-state index in [-0.39, 0.29) is 11.6 Å². The van der Waals surface area contributed by atoms with Crippen molar-refractivity contribution in [3.63, 3.8) is 0 Å². The summed E-state index contributed by atoms with van der Waals surface area (Å²) < 4.78 is 0. The highest BCUT2D eigenvalue weighted by Crippen LogP contribution is 2.69. The van der Waals surface area contributed by atoms with E-state index < -0.39 is 34.5 Å². The third-order valence-electron chi connectivity index (χ3n) is 9.78. The van der Waals surface area contributed by atoms with E-state index in [1.54, 1.807) is 48.5 Å². The summed E-state index contributed by atoms with van der Waals surface area (Å²) in [6.07, 6.45) is 0. The van der Waals surface area contributed by atoms with Gasteiger partial charge in [0.1, 0.15) is 5.41 Å². The maximum atomic E-state index is 15.2. The van der Waals surface area contributed by atoms with Crippen LogP contribution in [0.3, 0.4) is 0 Å². The predicted molar refractivity (Wildman–Crippen MR) is 167 cm³/mol. The molecule has 0 amide bonds. The Morgan fingerprint density at radius 3 is 1.36 bits per heavy atom. The lowest BCUT2D eigenvalue weighted by atomic mass is 9.60. The molecular weight excluding hydrogens is 546 g/mol. The summed E-state index contributed by atoms with van der Waals surface area (Å²) in [4.78, 5) is 62.6. The molecule has 0 N–H and O–H groups in total. The number of Topliss-reactive ketones (excluding diaryl/α,β-unsaturated/α-hetero) is 4. The first kappa shape index (κ1) is 26.2. The number of rotatable bonds is 3. The summed E-state index contributed by atoms with van der Waals surface area (Å²) in [6, 6.07) is 38.9. The SMILES string of the molecule is Cc1ccc(N2[C@H](c3ccccc3)C3(C(=O)c4ccccc4C3=O)[C@H](c3ccccc3)C23C(=O)c2ccccc2C3=O)cc1. The van der Waals surface area contributed by atoms with Gasteiger partial charge in [-0.3, -0.25) is 19.2 Å². The number of hydrogen-bond acceptors (Lipinski definition) is 5. The normalized spacial score (nSPS) is 20.9. The van der Waals surface area contributed by atoms with E-state index in [1.165, 1.54) is 0 Å². The van der Waals surface area contributed by atoms with Gasteiger partial charge in [-0.05, 0) is 30.2 Å². The molecule has 2 spiro atoms. The molecule has 3 aliphatic rings.